The van der Waals surface area contributed by atoms with Crippen LogP contribution in [0.5, 0.6) is 0 Å². The molecule has 0 aromatic carbocycles. The molecule has 4 nitrogen and oxygen atoms in total. The fourth-order valence-corrected chi connectivity index (χ4v) is 5.52. The highest BCUT2D eigenvalue weighted by atomic mass is 32.2. The first-order valence-corrected chi connectivity index (χ1v) is 9.51. The van der Waals surface area contributed by atoms with E-state index >= 15 is 0 Å². The first-order valence-electron chi connectivity index (χ1n) is 7.25. The number of thiophene rings is 1. The maximum atomic E-state index is 12.7. The number of nitrogens with one attached hydrogen (secondary N) is 1. The van der Waals surface area contributed by atoms with Crippen LogP contribution < -0.4 is 5.32 Å². The van der Waals surface area contributed by atoms with Crippen LogP contribution in [0, 0.1) is 12.8 Å². The molecule has 0 radical (unpaired) electrons. The van der Waals surface area contributed by atoms with Gasteiger partial charge in [-0.1, -0.05) is 13.8 Å². The Labute approximate surface area is 126 Å². The Morgan fingerprint density at radius 3 is 2.65 bits per heavy atom. The minimum Gasteiger partial charge on any atom is -0.312 e. The number of rotatable bonds is 5. The summed E-state index contributed by atoms with van der Waals surface area (Å²) in [5.74, 6) is 0.634. The molecule has 1 aromatic heterocycles. The van der Waals surface area contributed by atoms with Crippen LogP contribution >= 0.6 is 11.3 Å². The highest BCUT2D eigenvalue weighted by Crippen LogP contribution is 2.30. The van der Waals surface area contributed by atoms with Gasteiger partial charge in [0.1, 0.15) is 0 Å². The zero-order chi connectivity index (χ0) is 14.8. The van der Waals surface area contributed by atoms with E-state index in [1.165, 1.54) is 0 Å². The lowest BCUT2D eigenvalue weighted by Crippen LogP contribution is -2.37. The van der Waals surface area contributed by atoms with Crippen molar-refractivity contribution in [3.05, 3.63) is 15.8 Å². The average Bonchev–Trinajstić information content (AvgIpc) is 2.79. The van der Waals surface area contributed by atoms with Gasteiger partial charge in [-0.2, -0.15) is 4.31 Å². The summed E-state index contributed by atoms with van der Waals surface area (Å²) in [6.07, 6.45) is 1.93. The molecule has 2 rings (SSSR count). The molecule has 6 heteroatoms. The summed E-state index contributed by atoms with van der Waals surface area (Å²) < 4.78 is 27.1. The first-order chi connectivity index (χ1) is 9.45. The van der Waals surface area contributed by atoms with Crippen LogP contribution in [-0.4, -0.2) is 32.4 Å². The van der Waals surface area contributed by atoms with Crippen molar-refractivity contribution in [1.29, 1.82) is 0 Å². The Morgan fingerprint density at radius 1 is 1.40 bits per heavy atom. The number of hydrogen-bond acceptors (Lipinski definition) is 4. The SMILES string of the molecule is CCNCc1cc(S(=O)(=O)N2CCC(C)CC2)c(C)s1. The van der Waals surface area contributed by atoms with E-state index in [1.807, 2.05) is 19.9 Å². The van der Waals surface area contributed by atoms with Crippen molar-refractivity contribution in [3.8, 4) is 0 Å². The van der Waals surface area contributed by atoms with Crippen molar-refractivity contribution >= 4 is 21.4 Å². The Bertz CT molecular complexity index is 544. The van der Waals surface area contributed by atoms with E-state index in [0.29, 0.717) is 23.9 Å². The first kappa shape index (κ1) is 15.9. The summed E-state index contributed by atoms with van der Waals surface area (Å²) in [5, 5.41) is 3.24. The van der Waals surface area contributed by atoms with E-state index in [0.717, 1.165) is 35.7 Å². The fourth-order valence-electron chi connectivity index (χ4n) is 2.48. The van der Waals surface area contributed by atoms with Gasteiger partial charge in [-0.15, -0.1) is 11.3 Å². The molecule has 1 aromatic rings. The zero-order valence-electron chi connectivity index (χ0n) is 12.5. The van der Waals surface area contributed by atoms with Crippen LogP contribution in [0.2, 0.25) is 0 Å². The molecule has 0 aliphatic carbocycles. The van der Waals surface area contributed by atoms with E-state index < -0.39 is 10.0 Å². The number of aryl methyl sites for hydroxylation is 1. The van der Waals surface area contributed by atoms with E-state index in [1.54, 1.807) is 15.6 Å². The van der Waals surface area contributed by atoms with E-state index in [2.05, 4.69) is 12.2 Å². The lowest BCUT2D eigenvalue weighted by atomic mass is 10.0. The van der Waals surface area contributed by atoms with Crippen molar-refractivity contribution in [2.24, 2.45) is 5.92 Å². The van der Waals surface area contributed by atoms with E-state index in [9.17, 15) is 8.42 Å². The van der Waals surface area contributed by atoms with Gasteiger partial charge in [-0.05, 0) is 38.3 Å². The number of hydrogen-bond donors (Lipinski definition) is 1. The largest absolute Gasteiger partial charge is 0.312 e. The van der Waals surface area contributed by atoms with Crippen molar-refractivity contribution in [2.75, 3.05) is 19.6 Å². The fraction of sp³-hybridized carbons (Fsp3) is 0.714. The molecule has 0 unspecified atom stereocenters. The van der Waals surface area contributed by atoms with Crippen LogP contribution in [0.4, 0.5) is 0 Å². The Morgan fingerprint density at radius 2 is 2.05 bits per heavy atom. The van der Waals surface area contributed by atoms with Gasteiger partial charge in [0.2, 0.25) is 10.0 Å². The summed E-state index contributed by atoms with van der Waals surface area (Å²) in [4.78, 5) is 2.50. The quantitative estimate of drug-likeness (QED) is 0.908. The average molecular weight is 316 g/mol. The van der Waals surface area contributed by atoms with Crippen molar-refractivity contribution in [1.82, 2.24) is 9.62 Å². The van der Waals surface area contributed by atoms with Gasteiger partial charge in [-0.25, -0.2) is 8.42 Å². The second-order valence-corrected chi connectivity index (χ2v) is 8.75. The summed E-state index contributed by atoms with van der Waals surface area (Å²) in [7, 11) is -3.30. The van der Waals surface area contributed by atoms with E-state index in [4.69, 9.17) is 0 Å². The van der Waals surface area contributed by atoms with Gasteiger partial charge in [0.15, 0.2) is 0 Å². The standard InChI is InChI=1S/C14H24N2O2S2/c1-4-15-10-13-9-14(12(3)19-13)20(17,18)16-7-5-11(2)6-8-16/h9,11,15H,4-8,10H2,1-3H3. The Kier molecular flexibility index (Phi) is 5.23. The smallest absolute Gasteiger partial charge is 0.244 e. The Balaban J connectivity index is 2.18. The lowest BCUT2D eigenvalue weighted by molar-refractivity contribution is 0.288. The van der Waals surface area contributed by atoms with Crippen LogP contribution in [-0.2, 0) is 16.6 Å². The molecule has 1 N–H and O–H groups in total. The maximum absolute atomic E-state index is 12.7. The molecule has 1 saturated heterocycles. The van der Waals surface area contributed by atoms with Gasteiger partial charge in [0, 0.05) is 29.4 Å². The second-order valence-electron chi connectivity index (χ2n) is 5.50. The van der Waals surface area contributed by atoms with Crippen molar-refractivity contribution < 1.29 is 8.42 Å². The van der Waals surface area contributed by atoms with Gasteiger partial charge >= 0.3 is 0 Å². The molecule has 114 valence electrons. The van der Waals surface area contributed by atoms with Crippen LogP contribution in [0.25, 0.3) is 0 Å². The van der Waals surface area contributed by atoms with Gasteiger partial charge < -0.3 is 5.32 Å². The lowest BCUT2D eigenvalue weighted by Gasteiger charge is -2.29. The molecule has 20 heavy (non-hydrogen) atoms. The van der Waals surface area contributed by atoms with E-state index in [-0.39, 0.29) is 0 Å². The molecule has 0 bridgehead atoms. The monoisotopic (exact) mass is 316 g/mol. The van der Waals surface area contributed by atoms with Crippen LogP contribution in [0.3, 0.4) is 0 Å². The van der Waals surface area contributed by atoms with Crippen molar-refractivity contribution in [3.63, 3.8) is 0 Å². The minimum absolute atomic E-state index is 0.505. The highest BCUT2D eigenvalue weighted by Gasteiger charge is 2.30. The Hall–Kier alpha value is -0.430. The molecule has 1 fully saturated rings. The summed E-state index contributed by atoms with van der Waals surface area (Å²) in [6.45, 7) is 9.08. The predicted molar refractivity (Wildman–Crippen MR) is 83.6 cm³/mol. The second kappa shape index (κ2) is 6.56. The number of sulfonamides is 1. The molecule has 0 spiro atoms. The molecular weight excluding hydrogens is 292 g/mol. The van der Waals surface area contributed by atoms with Gasteiger partial charge in [0.05, 0.1) is 4.90 Å². The topological polar surface area (TPSA) is 49.4 Å². The normalized spacial score (nSPS) is 18.6. The molecule has 0 amide bonds. The van der Waals surface area contributed by atoms with Crippen molar-refractivity contribution in [2.45, 2.75) is 45.1 Å². The van der Waals surface area contributed by atoms with Gasteiger partial charge in [-0.3, -0.25) is 0 Å². The zero-order valence-corrected chi connectivity index (χ0v) is 14.1. The molecule has 0 atom stereocenters. The third kappa shape index (κ3) is 3.42. The van der Waals surface area contributed by atoms with Crippen LogP contribution in [0.15, 0.2) is 11.0 Å². The van der Waals surface area contributed by atoms with Crippen LogP contribution in [0.1, 0.15) is 36.4 Å². The molecule has 2 heterocycles. The summed E-state index contributed by atoms with van der Waals surface area (Å²) in [6, 6.07) is 1.84. The molecule has 0 saturated carbocycles. The van der Waals surface area contributed by atoms with Gasteiger partial charge in [0.25, 0.3) is 0 Å². The minimum atomic E-state index is -3.30. The maximum Gasteiger partial charge on any atom is 0.244 e. The molecular formula is C14H24N2O2S2. The third-order valence-corrected chi connectivity index (χ3v) is 7.04. The number of piperidine rings is 1. The summed E-state index contributed by atoms with van der Waals surface area (Å²) >= 11 is 1.58. The number of nitrogens with zero attached hydrogens (tertiary/aromatic N) is 1. The molecule has 1 aliphatic heterocycles. The highest BCUT2D eigenvalue weighted by molar-refractivity contribution is 7.89. The predicted octanol–water partition coefficient (Wildman–Crippen LogP) is 2.59. The third-order valence-electron chi connectivity index (χ3n) is 3.83. The summed E-state index contributed by atoms with van der Waals surface area (Å²) in [5.41, 5.74) is 0. The molecule has 1 aliphatic rings.